The summed E-state index contributed by atoms with van der Waals surface area (Å²) >= 11 is 0. The van der Waals surface area contributed by atoms with Gasteiger partial charge >= 0.3 is 5.97 Å². The summed E-state index contributed by atoms with van der Waals surface area (Å²) in [5.41, 5.74) is 1.43. The highest BCUT2D eigenvalue weighted by atomic mass is 16.6. The van der Waals surface area contributed by atoms with Crippen LogP contribution < -0.4 is 4.74 Å². The number of esters is 1. The number of carbonyl (C=O) groups excluding carboxylic acids is 1. The van der Waals surface area contributed by atoms with E-state index in [1.165, 1.54) is 6.21 Å². The average molecular weight is 279 g/mol. The quantitative estimate of drug-likeness (QED) is 0.389. The summed E-state index contributed by atoms with van der Waals surface area (Å²) in [5, 5.41) is 11.6. The van der Waals surface area contributed by atoms with Gasteiger partial charge in [-0.2, -0.15) is 0 Å². The Morgan fingerprint density at radius 1 is 1.35 bits per heavy atom. The van der Waals surface area contributed by atoms with Gasteiger partial charge in [-0.15, -0.1) is 0 Å². The Hall–Kier alpha value is -2.04. The van der Waals surface area contributed by atoms with Crippen molar-refractivity contribution < 1.29 is 19.5 Å². The molecule has 0 saturated heterocycles. The molecule has 1 rings (SSSR count). The molecule has 0 aliphatic rings. The van der Waals surface area contributed by atoms with Gasteiger partial charge in [0, 0.05) is 0 Å². The van der Waals surface area contributed by atoms with E-state index in [-0.39, 0.29) is 0 Å². The fourth-order valence-electron chi connectivity index (χ4n) is 1.89. The molecule has 0 aromatic heterocycles. The fraction of sp³-hybridized carbons (Fsp3) is 0.467. The molecule has 0 amide bonds. The summed E-state index contributed by atoms with van der Waals surface area (Å²) in [5.74, 6) is 0.234. The third-order valence-electron chi connectivity index (χ3n) is 2.81. The number of benzene rings is 1. The Morgan fingerprint density at radius 3 is 2.35 bits per heavy atom. The van der Waals surface area contributed by atoms with Crippen molar-refractivity contribution in [1.29, 1.82) is 0 Å². The normalized spacial score (nSPS) is 11.7. The lowest BCUT2D eigenvalue weighted by Crippen LogP contribution is -2.40. The smallest absolute Gasteiger partial charge is 0.349 e. The number of ether oxygens (including phenoxy) is 2. The zero-order chi connectivity index (χ0) is 15.3. The first kappa shape index (κ1) is 16.0. The van der Waals surface area contributed by atoms with Gasteiger partial charge in [0.15, 0.2) is 5.60 Å². The maximum absolute atomic E-state index is 11.9. The highest BCUT2D eigenvalue weighted by molar-refractivity contribution is 5.81. The first-order valence-electron chi connectivity index (χ1n) is 6.46. The van der Waals surface area contributed by atoms with E-state index in [9.17, 15) is 4.79 Å². The second-order valence-corrected chi connectivity index (χ2v) is 5.06. The first-order chi connectivity index (χ1) is 9.31. The van der Waals surface area contributed by atoms with E-state index in [2.05, 4.69) is 5.16 Å². The Kier molecular flexibility index (Phi) is 5.13. The van der Waals surface area contributed by atoms with Crippen LogP contribution in [0.25, 0.3) is 0 Å². The molecule has 5 heteroatoms. The van der Waals surface area contributed by atoms with Crippen molar-refractivity contribution in [3.63, 3.8) is 0 Å². The van der Waals surface area contributed by atoms with E-state index < -0.39 is 11.6 Å². The topological polar surface area (TPSA) is 68.1 Å². The van der Waals surface area contributed by atoms with Crippen molar-refractivity contribution in [2.45, 2.75) is 40.2 Å². The molecule has 0 unspecified atom stereocenters. The fourth-order valence-corrected chi connectivity index (χ4v) is 1.89. The molecule has 0 bridgehead atoms. The molecule has 0 spiro atoms. The van der Waals surface area contributed by atoms with Crippen molar-refractivity contribution in [1.82, 2.24) is 0 Å². The molecule has 0 heterocycles. The highest BCUT2D eigenvalue weighted by Gasteiger charge is 2.32. The lowest BCUT2D eigenvalue weighted by molar-refractivity contribution is -0.158. The SMILES string of the molecule is CCOC(=O)C(C)(C)Oc1c(C)cc(/C=N\O)cc1C. The summed E-state index contributed by atoms with van der Waals surface area (Å²) in [4.78, 5) is 11.9. The Bertz CT molecular complexity index is 498. The highest BCUT2D eigenvalue weighted by Crippen LogP contribution is 2.28. The molecule has 1 aromatic carbocycles. The van der Waals surface area contributed by atoms with E-state index in [1.54, 1.807) is 20.8 Å². The van der Waals surface area contributed by atoms with E-state index in [0.29, 0.717) is 12.4 Å². The van der Waals surface area contributed by atoms with Crippen LogP contribution in [0, 0.1) is 13.8 Å². The maximum atomic E-state index is 11.9. The van der Waals surface area contributed by atoms with Gasteiger partial charge in [0.25, 0.3) is 0 Å². The number of aryl methyl sites for hydroxylation is 2. The summed E-state index contributed by atoms with van der Waals surface area (Å²) < 4.78 is 10.8. The van der Waals surface area contributed by atoms with Crippen molar-refractivity contribution in [3.05, 3.63) is 28.8 Å². The minimum Gasteiger partial charge on any atom is -0.476 e. The predicted octanol–water partition coefficient (Wildman–Crippen LogP) is 2.83. The van der Waals surface area contributed by atoms with Crippen LogP contribution in [0.5, 0.6) is 5.75 Å². The second kappa shape index (κ2) is 6.41. The summed E-state index contributed by atoms with van der Waals surface area (Å²) in [6.45, 7) is 9.17. The maximum Gasteiger partial charge on any atom is 0.349 e. The summed E-state index contributed by atoms with van der Waals surface area (Å²) in [7, 11) is 0. The summed E-state index contributed by atoms with van der Waals surface area (Å²) in [6, 6.07) is 3.65. The second-order valence-electron chi connectivity index (χ2n) is 5.06. The lowest BCUT2D eigenvalue weighted by Gasteiger charge is -2.26. The van der Waals surface area contributed by atoms with Gasteiger partial charge in [0.2, 0.25) is 0 Å². The third kappa shape index (κ3) is 3.73. The molecule has 0 fully saturated rings. The molecule has 110 valence electrons. The lowest BCUT2D eigenvalue weighted by atomic mass is 10.0. The third-order valence-corrected chi connectivity index (χ3v) is 2.81. The van der Waals surface area contributed by atoms with Gasteiger partial charge < -0.3 is 14.7 Å². The van der Waals surface area contributed by atoms with E-state index in [0.717, 1.165) is 16.7 Å². The van der Waals surface area contributed by atoms with Crippen molar-refractivity contribution in [3.8, 4) is 5.75 Å². The zero-order valence-corrected chi connectivity index (χ0v) is 12.6. The molecule has 0 atom stereocenters. The molecular weight excluding hydrogens is 258 g/mol. The Morgan fingerprint density at radius 2 is 1.90 bits per heavy atom. The van der Waals surface area contributed by atoms with Crippen LogP contribution in [-0.2, 0) is 9.53 Å². The molecule has 20 heavy (non-hydrogen) atoms. The monoisotopic (exact) mass is 279 g/mol. The van der Waals surface area contributed by atoms with Crippen LogP contribution in [0.15, 0.2) is 17.3 Å². The van der Waals surface area contributed by atoms with E-state index in [1.807, 2.05) is 26.0 Å². The van der Waals surface area contributed by atoms with Crippen LogP contribution in [-0.4, -0.2) is 29.6 Å². The van der Waals surface area contributed by atoms with Crippen molar-refractivity contribution in [2.75, 3.05) is 6.61 Å². The molecule has 5 nitrogen and oxygen atoms in total. The molecule has 0 aliphatic heterocycles. The number of hydrogen-bond acceptors (Lipinski definition) is 5. The van der Waals surface area contributed by atoms with Crippen LogP contribution in [0.4, 0.5) is 0 Å². The van der Waals surface area contributed by atoms with Crippen LogP contribution in [0.1, 0.15) is 37.5 Å². The molecule has 1 N–H and O–H groups in total. The van der Waals surface area contributed by atoms with Gasteiger partial charge in [0.1, 0.15) is 5.75 Å². The Balaban J connectivity index is 3.06. The Labute approximate surface area is 119 Å². The van der Waals surface area contributed by atoms with Crippen LogP contribution in [0.2, 0.25) is 0 Å². The first-order valence-corrected chi connectivity index (χ1v) is 6.46. The minimum absolute atomic E-state index is 0.315. The molecule has 1 aromatic rings. The molecule has 0 aliphatic carbocycles. The van der Waals surface area contributed by atoms with Gasteiger partial charge in [0.05, 0.1) is 12.8 Å². The molecule has 0 saturated carbocycles. The predicted molar refractivity (Wildman–Crippen MR) is 76.6 cm³/mol. The standard InChI is InChI=1S/C15H21NO4/c1-6-19-14(17)15(4,5)20-13-10(2)7-12(9-16-18)8-11(13)3/h7-9,18H,6H2,1-5H3/b16-9-. The minimum atomic E-state index is -1.06. The van der Waals surface area contributed by atoms with Gasteiger partial charge in [-0.05, 0) is 63.4 Å². The van der Waals surface area contributed by atoms with Gasteiger partial charge in [-0.3, -0.25) is 0 Å². The van der Waals surface area contributed by atoms with E-state index >= 15 is 0 Å². The molecular formula is C15H21NO4. The average Bonchev–Trinajstić information content (AvgIpc) is 2.34. The van der Waals surface area contributed by atoms with Crippen molar-refractivity contribution in [2.24, 2.45) is 5.16 Å². The van der Waals surface area contributed by atoms with Crippen LogP contribution in [0.3, 0.4) is 0 Å². The van der Waals surface area contributed by atoms with Gasteiger partial charge in [-0.1, -0.05) is 5.16 Å². The van der Waals surface area contributed by atoms with Gasteiger partial charge in [-0.25, -0.2) is 4.79 Å². The number of rotatable bonds is 5. The summed E-state index contributed by atoms with van der Waals surface area (Å²) in [6.07, 6.45) is 1.35. The number of nitrogens with zero attached hydrogens (tertiary/aromatic N) is 1. The number of oxime groups is 1. The zero-order valence-electron chi connectivity index (χ0n) is 12.6. The number of hydrogen-bond donors (Lipinski definition) is 1. The van der Waals surface area contributed by atoms with Crippen LogP contribution >= 0.6 is 0 Å². The van der Waals surface area contributed by atoms with Crippen molar-refractivity contribution >= 4 is 12.2 Å². The number of carbonyl (C=O) groups is 1. The largest absolute Gasteiger partial charge is 0.476 e. The molecule has 0 radical (unpaired) electrons. The van der Waals surface area contributed by atoms with E-state index in [4.69, 9.17) is 14.7 Å².